The maximum absolute atomic E-state index is 12.3. The number of hydrogen-bond acceptors (Lipinski definition) is 3. The highest BCUT2D eigenvalue weighted by Crippen LogP contribution is 2.33. The van der Waals surface area contributed by atoms with Crippen LogP contribution in [0.1, 0.15) is 28.8 Å². The van der Waals surface area contributed by atoms with Gasteiger partial charge in [0.1, 0.15) is 0 Å². The quantitative estimate of drug-likeness (QED) is 0.834. The minimum absolute atomic E-state index is 0.152. The van der Waals surface area contributed by atoms with Crippen LogP contribution in [0.15, 0.2) is 36.4 Å². The topological polar surface area (TPSA) is 58.6 Å². The van der Waals surface area contributed by atoms with Gasteiger partial charge in [0.05, 0.1) is 17.2 Å². The van der Waals surface area contributed by atoms with Gasteiger partial charge in [-0.2, -0.15) is 0 Å². The summed E-state index contributed by atoms with van der Waals surface area (Å²) in [6.07, 6.45) is 1.49. The molecule has 0 aliphatic carbocycles. The molecule has 1 aliphatic rings. The first-order valence-electron chi connectivity index (χ1n) is 8.20. The van der Waals surface area contributed by atoms with Gasteiger partial charge in [-0.1, -0.05) is 35.3 Å². The lowest BCUT2D eigenvalue weighted by Gasteiger charge is -2.16. The van der Waals surface area contributed by atoms with Crippen LogP contribution in [0.3, 0.4) is 0 Å². The van der Waals surface area contributed by atoms with Gasteiger partial charge < -0.3 is 15.0 Å². The summed E-state index contributed by atoms with van der Waals surface area (Å²) >= 11 is 12.1. The molecule has 1 heterocycles. The summed E-state index contributed by atoms with van der Waals surface area (Å²) < 4.78 is 5.08. The van der Waals surface area contributed by atoms with Crippen molar-refractivity contribution in [3.05, 3.63) is 57.6 Å². The van der Waals surface area contributed by atoms with Crippen LogP contribution < -0.4 is 15.0 Å². The first kappa shape index (κ1) is 18.5. The Morgan fingerprint density at radius 2 is 1.85 bits per heavy atom. The van der Waals surface area contributed by atoms with Crippen LogP contribution in [-0.4, -0.2) is 25.5 Å². The predicted octanol–water partition coefficient (Wildman–Crippen LogP) is 4.06. The number of amides is 2. The Morgan fingerprint density at radius 1 is 1.19 bits per heavy atom. The Labute approximate surface area is 161 Å². The van der Waals surface area contributed by atoms with Gasteiger partial charge >= 0.3 is 0 Å². The van der Waals surface area contributed by atoms with Crippen molar-refractivity contribution in [1.29, 1.82) is 0 Å². The van der Waals surface area contributed by atoms with Crippen molar-refractivity contribution >= 4 is 40.7 Å². The number of anilines is 1. The number of halogens is 2. The zero-order chi connectivity index (χ0) is 18.7. The third-order valence-corrected chi connectivity index (χ3v) is 4.80. The molecule has 0 aromatic heterocycles. The van der Waals surface area contributed by atoms with Crippen molar-refractivity contribution in [2.75, 3.05) is 18.6 Å². The lowest BCUT2D eigenvalue weighted by Crippen LogP contribution is -2.24. The number of hydrogen-bond donors (Lipinski definition) is 1. The largest absolute Gasteiger partial charge is 0.494 e. The maximum Gasteiger partial charge on any atom is 0.251 e. The van der Waals surface area contributed by atoms with Crippen molar-refractivity contribution in [3.8, 4) is 5.75 Å². The summed E-state index contributed by atoms with van der Waals surface area (Å²) in [4.78, 5) is 25.9. The maximum atomic E-state index is 12.3. The first-order chi connectivity index (χ1) is 12.5. The van der Waals surface area contributed by atoms with E-state index in [2.05, 4.69) is 5.32 Å². The zero-order valence-electron chi connectivity index (χ0n) is 14.2. The third kappa shape index (κ3) is 3.94. The van der Waals surface area contributed by atoms with Gasteiger partial charge in [0, 0.05) is 30.8 Å². The molecule has 1 saturated heterocycles. The number of rotatable bonds is 5. The Kier molecular flexibility index (Phi) is 5.69. The number of methoxy groups -OCH3 is 1. The Hall–Kier alpha value is -2.24. The van der Waals surface area contributed by atoms with Crippen LogP contribution in [0.5, 0.6) is 5.75 Å². The lowest BCUT2D eigenvalue weighted by molar-refractivity contribution is -0.117. The molecule has 0 bridgehead atoms. The van der Waals surface area contributed by atoms with Gasteiger partial charge in [0.2, 0.25) is 5.91 Å². The summed E-state index contributed by atoms with van der Waals surface area (Å²) in [5.74, 6) is 0.214. The van der Waals surface area contributed by atoms with Crippen molar-refractivity contribution in [2.45, 2.75) is 19.4 Å². The van der Waals surface area contributed by atoms with E-state index in [1.54, 1.807) is 4.90 Å². The number of ether oxygens (including phenoxy) is 1. The molecule has 2 amide bonds. The van der Waals surface area contributed by atoms with Crippen LogP contribution in [-0.2, 0) is 11.3 Å². The molecule has 1 N–H and O–H groups in total. The first-order valence-corrected chi connectivity index (χ1v) is 8.95. The summed E-state index contributed by atoms with van der Waals surface area (Å²) in [7, 11) is 1.46. The number of carbonyl (C=O) groups excluding carboxylic acids is 2. The number of carbonyl (C=O) groups is 2. The fourth-order valence-corrected chi connectivity index (χ4v) is 3.53. The van der Waals surface area contributed by atoms with Crippen molar-refractivity contribution in [2.24, 2.45) is 0 Å². The van der Waals surface area contributed by atoms with Crippen LogP contribution in [0.4, 0.5) is 5.69 Å². The summed E-state index contributed by atoms with van der Waals surface area (Å²) in [6, 6.07) is 10.6. The van der Waals surface area contributed by atoms with Crippen molar-refractivity contribution in [3.63, 3.8) is 0 Å². The predicted molar refractivity (Wildman–Crippen MR) is 102 cm³/mol. The zero-order valence-corrected chi connectivity index (χ0v) is 15.7. The summed E-state index contributed by atoms with van der Waals surface area (Å²) in [5.41, 5.74) is 2.18. The highest BCUT2D eigenvalue weighted by Gasteiger charge is 2.21. The molecule has 3 rings (SSSR count). The molecule has 5 nitrogen and oxygen atoms in total. The number of nitrogens with zero attached hydrogens (tertiary/aromatic N) is 1. The fraction of sp³-hybridized carbons (Fsp3) is 0.263. The normalized spacial score (nSPS) is 13.8. The molecule has 0 unspecified atom stereocenters. The van der Waals surface area contributed by atoms with Gasteiger partial charge in [-0.15, -0.1) is 0 Å². The molecular weight excluding hydrogens is 375 g/mol. The standard InChI is InChI=1S/C19H18Cl2N2O3/c1-26-18-15(20)9-13(10-16(18)21)19(25)22-11-12-4-6-14(7-5-12)23-8-2-3-17(23)24/h4-7,9-10H,2-3,8,11H2,1H3,(H,22,25). The van der Waals surface area contributed by atoms with E-state index in [0.29, 0.717) is 24.3 Å². The van der Waals surface area contributed by atoms with Crippen LogP contribution >= 0.6 is 23.2 Å². The number of nitrogens with one attached hydrogen (secondary N) is 1. The number of benzene rings is 2. The second-order valence-corrected chi connectivity index (χ2v) is 6.79. The molecule has 0 radical (unpaired) electrons. The van der Waals surface area contributed by atoms with Crippen molar-refractivity contribution in [1.82, 2.24) is 5.32 Å². The molecule has 2 aromatic carbocycles. The molecular formula is C19H18Cl2N2O3. The molecule has 0 atom stereocenters. The van der Waals surface area contributed by atoms with Crippen molar-refractivity contribution < 1.29 is 14.3 Å². The van der Waals surface area contributed by atoms with E-state index in [1.807, 2.05) is 24.3 Å². The van der Waals surface area contributed by atoms with E-state index in [0.717, 1.165) is 24.2 Å². The molecule has 0 saturated carbocycles. The monoisotopic (exact) mass is 392 g/mol. The Bertz CT molecular complexity index is 814. The van der Waals surface area contributed by atoms with Gasteiger partial charge in [0.15, 0.2) is 5.75 Å². The van der Waals surface area contributed by atoms with E-state index >= 15 is 0 Å². The second kappa shape index (κ2) is 7.98. The molecule has 1 fully saturated rings. The molecule has 1 aliphatic heterocycles. The average molecular weight is 393 g/mol. The molecule has 2 aromatic rings. The minimum atomic E-state index is -0.282. The molecule has 7 heteroatoms. The average Bonchev–Trinajstić information content (AvgIpc) is 3.06. The van der Waals surface area contributed by atoms with Gasteiger partial charge in [-0.3, -0.25) is 9.59 Å². The van der Waals surface area contributed by atoms with Crippen LogP contribution in [0.25, 0.3) is 0 Å². The van der Waals surface area contributed by atoms with E-state index in [9.17, 15) is 9.59 Å². The fourth-order valence-electron chi connectivity index (χ4n) is 2.89. The van der Waals surface area contributed by atoms with E-state index < -0.39 is 0 Å². The highest BCUT2D eigenvalue weighted by atomic mass is 35.5. The van der Waals surface area contributed by atoms with Crippen LogP contribution in [0.2, 0.25) is 10.0 Å². The third-order valence-electron chi connectivity index (χ3n) is 4.24. The van der Waals surface area contributed by atoms with Crippen LogP contribution in [0, 0.1) is 0 Å². The minimum Gasteiger partial charge on any atom is -0.494 e. The van der Waals surface area contributed by atoms with Gasteiger partial charge in [0.25, 0.3) is 5.91 Å². The molecule has 0 spiro atoms. The van der Waals surface area contributed by atoms with E-state index in [-0.39, 0.29) is 21.9 Å². The smallest absolute Gasteiger partial charge is 0.251 e. The Balaban J connectivity index is 1.63. The van der Waals surface area contributed by atoms with Gasteiger partial charge in [-0.05, 0) is 36.2 Å². The lowest BCUT2D eigenvalue weighted by atomic mass is 10.1. The van der Waals surface area contributed by atoms with E-state index in [4.69, 9.17) is 27.9 Å². The second-order valence-electron chi connectivity index (χ2n) is 5.97. The van der Waals surface area contributed by atoms with E-state index in [1.165, 1.54) is 19.2 Å². The Morgan fingerprint density at radius 3 is 2.38 bits per heavy atom. The molecule has 136 valence electrons. The van der Waals surface area contributed by atoms with Gasteiger partial charge in [-0.25, -0.2) is 0 Å². The molecule has 26 heavy (non-hydrogen) atoms. The highest BCUT2D eigenvalue weighted by molar-refractivity contribution is 6.37. The summed E-state index contributed by atoms with van der Waals surface area (Å²) in [5, 5.41) is 3.39. The summed E-state index contributed by atoms with van der Waals surface area (Å²) in [6.45, 7) is 1.11. The SMILES string of the molecule is COc1c(Cl)cc(C(=O)NCc2ccc(N3CCCC3=O)cc2)cc1Cl.